The van der Waals surface area contributed by atoms with Gasteiger partial charge in [0, 0.05) is 76.4 Å². The van der Waals surface area contributed by atoms with Crippen molar-refractivity contribution >= 4 is 5.82 Å². The number of benzene rings is 1. The summed E-state index contributed by atoms with van der Waals surface area (Å²) in [5.74, 6) is -0.740. The van der Waals surface area contributed by atoms with Crippen LogP contribution >= 0.6 is 0 Å². The standard InChI is InChI=1S/C28H32F4N6O2/c1-19(27-35(2)6-7-38(27)17-23-5-12-39-23)36-8-10-37(11-9-36)25-14-22(28(30,31)32)15-26(34-25)40-18-21-4-3-20(16-33)13-24(21)29/h3-4,6-7,13-15,19,23,27H,5,8-12,17-18H2,1-2H3/t19-,23-,27?/m0/s1. The first-order chi connectivity index (χ1) is 19.1. The molecule has 1 unspecified atom stereocenters. The van der Waals surface area contributed by atoms with Crippen molar-refractivity contribution in [2.45, 2.75) is 44.4 Å². The van der Waals surface area contributed by atoms with Gasteiger partial charge in [0.05, 0.1) is 23.3 Å². The van der Waals surface area contributed by atoms with Crippen LogP contribution in [0.5, 0.6) is 5.88 Å². The predicted octanol–water partition coefficient (Wildman–Crippen LogP) is 4.03. The van der Waals surface area contributed by atoms with Gasteiger partial charge in [-0.25, -0.2) is 4.39 Å². The van der Waals surface area contributed by atoms with Crippen LogP contribution in [0.15, 0.2) is 42.7 Å². The maximum atomic E-state index is 14.3. The molecule has 2 aromatic rings. The van der Waals surface area contributed by atoms with Gasteiger partial charge < -0.3 is 24.2 Å². The molecule has 0 aliphatic carbocycles. The number of likely N-dealkylation sites (N-methyl/N-ethyl adjacent to an activating group) is 1. The molecule has 8 nitrogen and oxygen atoms in total. The van der Waals surface area contributed by atoms with E-state index in [1.807, 2.05) is 18.0 Å². The SMILES string of the molecule is C[C@@H](C1N(C)C=CN1C[C@@H]1CCO1)N1CCN(c2cc(C(F)(F)F)cc(OCc3ccc(C#N)cc3F)n2)CC1. The molecule has 214 valence electrons. The number of nitriles is 1. The van der Waals surface area contributed by atoms with Crippen LogP contribution in [0.3, 0.4) is 0 Å². The first-order valence-electron chi connectivity index (χ1n) is 13.3. The number of piperazine rings is 1. The van der Waals surface area contributed by atoms with Crippen LogP contribution in [0.2, 0.25) is 0 Å². The number of rotatable bonds is 8. The molecule has 5 rings (SSSR count). The summed E-state index contributed by atoms with van der Waals surface area (Å²) in [5.41, 5.74) is -0.618. The van der Waals surface area contributed by atoms with E-state index in [0.29, 0.717) is 26.2 Å². The van der Waals surface area contributed by atoms with Gasteiger partial charge in [-0.05, 0) is 31.5 Å². The minimum absolute atomic E-state index is 0.117. The Bertz CT molecular complexity index is 1270. The number of aromatic nitrogens is 1. The zero-order chi connectivity index (χ0) is 28.4. The number of halogens is 4. The monoisotopic (exact) mass is 560 g/mol. The van der Waals surface area contributed by atoms with Crippen molar-refractivity contribution in [1.29, 1.82) is 5.26 Å². The Balaban J connectivity index is 1.25. The average Bonchev–Trinajstić information content (AvgIpc) is 3.28. The highest BCUT2D eigenvalue weighted by atomic mass is 19.4. The molecule has 3 atom stereocenters. The average molecular weight is 561 g/mol. The van der Waals surface area contributed by atoms with Gasteiger partial charge in [0.2, 0.25) is 5.88 Å². The van der Waals surface area contributed by atoms with Crippen molar-refractivity contribution in [2.75, 3.05) is 51.3 Å². The second-order valence-electron chi connectivity index (χ2n) is 10.4. The molecule has 2 saturated heterocycles. The van der Waals surface area contributed by atoms with Crippen LogP contribution in [-0.2, 0) is 17.5 Å². The summed E-state index contributed by atoms with van der Waals surface area (Å²) in [6, 6.07) is 7.73. The topological polar surface area (TPSA) is 68.1 Å². The molecule has 12 heteroatoms. The highest BCUT2D eigenvalue weighted by Crippen LogP contribution is 2.34. The van der Waals surface area contributed by atoms with Crippen LogP contribution < -0.4 is 9.64 Å². The third kappa shape index (κ3) is 6.10. The molecule has 1 aromatic heterocycles. The molecule has 0 spiro atoms. The van der Waals surface area contributed by atoms with E-state index in [1.54, 1.807) is 0 Å². The normalized spacial score (nSPS) is 22.3. The van der Waals surface area contributed by atoms with Crippen molar-refractivity contribution < 1.29 is 27.0 Å². The molecule has 0 amide bonds. The first-order valence-corrected chi connectivity index (χ1v) is 13.3. The predicted molar refractivity (Wildman–Crippen MR) is 140 cm³/mol. The van der Waals surface area contributed by atoms with Gasteiger partial charge >= 0.3 is 6.18 Å². The van der Waals surface area contributed by atoms with Crippen molar-refractivity contribution in [1.82, 2.24) is 19.7 Å². The third-order valence-electron chi connectivity index (χ3n) is 7.78. The summed E-state index contributed by atoms with van der Waals surface area (Å²) in [5, 5.41) is 8.91. The van der Waals surface area contributed by atoms with Crippen LogP contribution in [-0.4, -0.2) is 84.4 Å². The Labute approximate surface area is 231 Å². The molecule has 3 aliphatic rings. The maximum absolute atomic E-state index is 14.3. The van der Waals surface area contributed by atoms with Gasteiger partial charge in [-0.2, -0.15) is 23.4 Å². The van der Waals surface area contributed by atoms with Gasteiger partial charge in [0.1, 0.15) is 24.4 Å². The fraction of sp³-hybridized carbons (Fsp3) is 0.500. The van der Waals surface area contributed by atoms with Gasteiger partial charge in [-0.1, -0.05) is 6.07 Å². The van der Waals surface area contributed by atoms with Crippen LogP contribution in [0, 0.1) is 17.1 Å². The molecule has 0 bridgehead atoms. The number of nitrogens with zero attached hydrogens (tertiary/aromatic N) is 6. The molecule has 40 heavy (non-hydrogen) atoms. The van der Waals surface area contributed by atoms with E-state index in [9.17, 15) is 17.6 Å². The van der Waals surface area contributed by atoms with Gasteiger partial charge in [-0.15, -0.1) is 0 Å². The lowest BCUT2D eigenvalue weighted by Crippen LogP contribution is -2.58. The zero-order valence-electron chi connectivity index (χ0n) is 22.4. The van der Waals surface area contributed by atoms with Gasteiger partial charge in [-0.3, -0.25) is 4.90 Å². The minimum atomic E-state index is -4.60. The van der Waals surface area contributed by atoms with Crippen LogP contribution in [0.25, 0.3) is 0 Å². The highest BCUT2D eigenvalue weighted by molar-refractivity contribution is 5.46. The van der Waals surface area contributed by atoms with E-state index in [0.717, 1.165) is 37.8 Å². The van der Waals surface area contributed by atoms with Crippen molar-refractivity contribution in [3.8, 4) is 11.9 Å². The Hall–Kier alpha value is -3.56. The second kappa shape index (κ2) is 11.5. The smallest absolute Gasteiger partial charge is 0.416 e. The molecule has 0 N–H and O–H groups in total. The Morgan fingerprint density at radius 1 is 1.15 bits per heavy atom. The molecular formula is C28H32F4N6O2. The van der Waals surface area contributed by atoms with E-state index in [-0.39, 0.29) is 47.7 Å². The number of ether oxygens (including phenoxy) is 2. The largest absolute Gasteiger partial charge is 0.473 e. The second-order valence-corrected chi connectivity index (χ2v) is 10.4. The van der Waals surface area contributed by atoms with Crippen LogP contribution in [0.1, 0.15) is 30.0 Å². The Kier molecular flexibility index (Phi) is 8.05. The van der Waals surface area contributed by atoms with Crippen molar-refractivity contribution in [3.05, 3.63) is 65.2 Å². The summed E-state index contributed by atoms with van der Waals surface area (Å²) >= 11 is 0. The highest BCUT2D eigenvalue weighted by Gasteiger charge is 2.37. The van der Waals surface area contributed by atoms with Crippen molar-refractivity contribution in [2.24, 2.45) is 0 Å². The lowest BCUT2D eigenvalue weighted by atomic mass is 10.1. The molecular weight excluding hydrogens is 528 g/mol. The van der Waals surface area contributed by atoms with E-state index in [4.69, 9.17) is 14.7 Å². The van der Waals surface area contributed by atoms with E-state index in [1.165, 1.54) is 12.1 Å². The summed E-state index contributed by atoms with van der Waals surface area (Å²) < 4.78 is 66.6. The molecule has 0 radical (unpaired) electrons. The van der Waals surface area contributed by atoms with Gasteiger partial charge in [0.15, 0.2) is 0 Å². The quantitative estimate of drug-likeness (QED) is 0.449. The summed E-state index contributed by atoms with van der Waals surface area (Å²) in [6.07, 6.45) is 1.01. The molecule has 1 aromatic carbocycles. The summed E-state index contributed by atoms with van der Waals surface area (Å²) in [7, 11) is 2.05. The third-order valence-corrected chi connectivity index (χ3v) is 7.78. The fourth-order valence-electron chi connectivity index (χ4n) is 5.37. The minimum Gasteiger partial charge on any atom is -0.473 e. The maximum Gasteiger partial charge on any atom is 0.416 e. The molecule has 0 saturated carbocycles. The zero-order valence-corrected chi connectivity index (χ0v) is 22.4. The van der Waals surface area contributed by atoms with Crippen molar-refractivity contribution in [3.63, 3.8) is 0 Å². The Morgan fingerprint density at radius 2 is 1.90 bits per heavy atom. The summed E-state index contributed by atoms with van der Waals surface area (Å²) in [6.45, 7) is 5.81. The van der Waals surface area contributed by atoms with Gasteiger partial charge in [0.25, 0.3) is 0 Å². The lowest BCUT2D eigenvalue weighted by Gasteiger charge is -2.45. The van der Waals surface area contributed by atoms with E-state index < -0.39 is 17.6 Å². The summed E-state index contributed by atoms with van der Waals surface area (Å²) in [4.78, 5) is 13.0. The number of pyridine rings is 1. The first kappa shape index (κ1) is 28.0. The molecule has 3 aliphatic heterocycles. The number of alkyl halides is 3. The van der Waals surface area contributed by atoms with E-state index in [2.05, 4.69) is 39.0 Å². The number of hydrogen-bond acceptors (Lipinski definition) is 8. The lowest BCUT2D eigenvalue weighted by molar-refractivity contribution is -0.137. The fourth-order valence-corrected chi connectivity index (χ4v) is 5.37. The Morgan fingerprint density at radius 3 is 2.52 bits per heavy atom. The number of hydrogen-bond donors (Lipinski definition) is 0. The molecule has 4 heterocycles. The number of anilines is 1. The van der Waals surface area contributed by atoms with Crippen LogP contribution in [0.4, 0.5) is 23.4 Å². The molecule has 2 fully saturated rings. The van der Waals surface area contributed by atoms with E-state index >= 15 is 0 Å².